The van der Waals surface area contributed by atoms with E-state index >= 15 is 0 Å². The molecule has 98 valence electrons. The maximum absolute atomic E-state index is 4.60. The van der Waals surface area contributed by atoms with Crippen LogP contribution in [-0.4, -0.2) is 4.98 Å². The number of hydrogen-bond acceptors (Lipinski definition) is 4. The summed E-state index contributed by atoms with van der Waals surface area (Å²) in [5.74, 6) is 0.591. The van der Waals surface area contributed by atoms with Gasteiger partial charge < -0.3 is 5.32 Å². The van der Waals surface area contributed by atoms with E-state index in [0.717, 1.165) is 13.0 Å². The fourth-order valence-corrected chi connectivity index (χ4v) is 3.66. The van der Waals surface area contributed by atoms with Crippen molar-refractivity contribution >= 4 is 22.7 Å². The normalized spacial score (nSPS) is 13.1. The summed E-state index contributed by atoms with van der Waals surface area (Å²) in [6, 6.07) is 4.76. The van der Waals surface area contributed by atoms with Crippen molar-refractivity contribution in [1.29, 1.82) is 0 Å². The maximum Gasteiger partial charge on any atom is 0.0926 e. The van der Waals surface area contributed by atoms with Crippen molar-refractivity contribution in [2.45, 2.75) is 39.8 Å². The Morgan fingerprint density at radius 2 is 2.17 bits per heavy atom. The van der Waals surface area contributed by atoms with Crippen molar-refractivity contribution in [3.05, 3.63) is 38.5 Å². The van der Waals surface area contributed by atoms with E-state index in [4.69, 9.17) is 0 Å². The number of hydrogen-bond donors (Lipinski definition) is 1. The lowest BCUT2D eigenvalue weighted by Crippen LogP contribution is -2.24. The van der Waals surface area contributed by atoms with Crippen LogP contribution in [0.2, 0.25) is 0 Å². The Kier molecular flexibility index (Phi) is 4.92. The molecule has 4 heteroatoms. The number of nitrogens with zero attached hydrogens (tertiary/aromatic N) is 1. The molecule has 1 unspecified atom stereocenters. The number of thiazole rings is 1. The monoisotopic (exact) mass is 280 g/mol. The second-order valence-corrected chi connectivity index (χ2v) is 6.63. The van der Waals surface area contributed by atoms with E-state index in [9.17, 15) is 0 Å². The van der Waals surface area contributed by atoms with E-state index in [2.05, 4.69) is 54.0 Å². The smallest absolute Gasteiger partial charge is 0.0926 e. The average Bonchev–Trinajstić information content (AvgIpc) is 2.99. The van der Waals surface area contributed by atoms with Crippen LogP contribution in [0.25, 0.3) is 0 Å². The van der Waals surface area contributed by atoms with Gasteiger partial charge in [0.25, 0.3) is 0 Å². The third kappa shape index (κ3) is 3.40. The molecule has 0 spiro atoms. The van der Waals surface area contributed by atoms with E-state index in [1.54, 1.807) is 11.3 Å². The summed E-state index contributed by atoms with van der Waals surface area (Å²) in [4.78, 5) is 6.01. The average molecular weight is 280 g/mol. The summed E-state index contributed by atoms with van der Waals surface area (Å²) in [6.07, 6.45) is 1.03. The van der Waals surface area contributed by atoms with Crippen LogP contribution < -0.4 is 5.32 Å². The maximum atomic E-state index is 4.60. The van der Waals surface area contributed by atoms with Gasteiger partial charge in [-0.25, -0.2) is 4.98 Å². The molecule has 0 saturated carbocycles. The quantitative estimate of drug-likeness (QED) is 0.855. The van der Waals surface area contributed by atoms with Crippen LogP contribution in [0.3, 0.4) is 0 Å². The van der Waals surface area contributed by atoms with Gasteiger partial charge in [-0.2, -0.15) is 0 Å². The Morgan fingerprint density at radius 3 is 2.72 bits per heavy atom. The highest BCUT2D eigenvalue weighted by atomic mass is 32.1. The van der Waals surface area contributed by atoms with Gasteiger partial charge in [-0.15, -0.1) is 22.7 Å². The Labute approximate surface area is 117 Å². The molecule has 2 rings (SSSR count). The molecule has 2 aromatic heterocycles. The van der Waals surface area contributed by atoms with Crippen LogP contribution in [0.4, 0.5) is 0 Å². The topological polar surface area (TPSA) is 24.9 Å². The molecule has 0 saturated heterocycles. The Balaban J connectivity index is 1.98. The minimum Gasteiger partial charge on any atom is -0.303 e. The SMILES string of the molecule is CCc1nc(CNC(c2cccs2)C(C)C)cs1. The van der Waals surface area contributed by atoms with Gasteiger partial charge in [0.1, 0.15) is 0 Å². The fourth-order valence-electron chi connectivity index (χ4n) is 1.94. The van der Waals surface area contributed by atoms with Gasteiger partial charge >= 0.3 is 0 Å². The van der Waals surface area contributed by atoms with Crippen LogP contribution in [0.15, 0.2) is 22.9 Å². The van der Waals surface area contributed by atoms with E-state index in [1.165, 1.54) is 15.6 Å². The zero-order valence-corrected chi connectivity index (χ0v) is 12.8. The molecule has 2 heterocycles. The van der Waals surface area contributed by atoms with Gasteiger partial charge in [-0.05, 0) is 23.8 Å². The molecule has 0 aromatic carbocycles. The first-order valence-corrected chi connectivity index (χ1v) is 8.16. The van der Waals surface area contributed by atoms with Crippen LogP contribution in [0.1, 0.15) is 42.4 Å². The number of aryl methyl sites for hydroxylation is 1. The first kappa shape index (κ1) is 13.7. The van der Waals surface area contributed by atoms with E-state index in [1.807, 2.05) is 11.3 Å². The Morgan fingerprint density at radius 1 is 1.33 bits per heavy atom. The highest BCUT2D eigenvalue weighted by molar-refractivity contribution is 7.10. The van der Waals surface area contributed by atoms with Gasteiger partial charge in [0, 0.05) is 22.8 Å². The second kappa shape index (κ2) is 6.45. The lowest BCUT2D eigenvalue weighted by atomic mass is 10.0. The van der Waals surface area contributed by atoms with Crippen LogP contribution in [0.5, 0.6) is 0 Å². The molecule has 0 radical (unpaired) electrons. The molecule has 2 nitrogen and oxygen atoms in total. The largest absolute Gasteiger partial charge is 0.303 e. The van der Waals surface area contributed by atoms with E-state index in [0.29, 0.717) is 12.0 Å². The lowest BCUT2D eigenvalue weighted by Gasteiger charge is -2.20. The lowest BCUT2D eigenvalue weighted by molar-refractivity contribution is 0.414. The van der Waals surface area contributed by atoms with Crippen molar-refractivity contribution in [2.24, 2.45) is 5.92 Å². The number of thiophene rings is 1. The number of aromatic nitrogens is 1. The van der Waals surface area contributed by atoms with Gasteiger partial charge in [0.2, 0.25) is 0 Å². The van der Waals surface area contributed by atoms with Crippen LogP contribution in [-0.2, 0) is 13.0 Å². The summed E-state index contributed by atoms with van der Waals surface area (Å²) >= 11 is 3.58. The van der Waals surface area contributed by atoms with Gasteiger partial charge in [0.05, 0.1) is 10.7 Å². The summed E-state index contributed by atoms with van der Waals surface area (Å²) in [6.45, 7) is 7.53. The first-order chi connectivity index (χ1) is 8.70. The standard InChI is InChI=1S/C14H20N2S2/c1-4-13-16-11(9-18-13)8-15-14(10(2)3)12-6-5-7-17-12/h5-7,9-10,14-15H,4,8H2,1-3H3. The molecular weight excluding hydrogens is 260 g/mol. The van der Waals surface area contributed by atoms with Crippen molar-refractivity contribution in [3.63, 3.8) is 0 Å². The molecule has 0 fully saturated rings. The van der Waals surface area contributed by atoms with Crippen LogP contribution >= 0.6 is 22.7 Å². The van der Waals surface area contributed by atoms with Crippen molar-refractivity contribution in [2.75, 3.05) is 0 Å². The minimum atomic E-state index is 0.428. The predicted molar refractivity (Wildman–Crippen MR) is 80.2 cm³/mol. The van der Waals surface area contributed by atoms with Gasteiger partial charge in [-0.1, -0.05) is 26.8 Å². The molecule has 18 heavy (non-hydrogen) atoms. The third-order valence-electron chi connectivity index (χ3n) is 2.92. The summed E-state index contributed by atoms with van der Waals surface area (Å²) in [7, 11) is 0. The number of nitrogens with one attached hydrogen (secondary N) is 1. The summed E-state index contributed by atoms with van der Waals surface area (Å²) in [5, 5.41) is 9.16. The van der Waals surface area contributed by atoms with E-state index < -0.39 is 0 Å². The fraction of sp³-hybridized carbons (Fsp3) is 0.500. The molecule has 2 aromatic rings. The summed E-state index contributed by atoms with van der Waals surface area (Å²) in [5.41, 5.74) is 1.17. The summed E-state index contributed by atoms with van der Waals surface area (Å²) < 4.78 is 0. The zero-order valence-electron chi connectivity index (χ0n) is 11.1. The van der Waals surface area contributed by atoms with Gasteiger partial charge in [-0.3, -0.25) is 0 Å². The highest BCUT2D eigenvalue weighted by Gasteiger charge is 2.16. The molecule has 1 atom stereocenters. The van der Waals surface area contributed by atoms with Gasteiger partial charge in [0.15, 0.2) is 0 Å². The third-order valence-corrected chi connectivity index (χ3v) is 4.92. The van der Waals surface area contributed by atoms with Crippen molar-refractivity contribution in [3.8, 4) is 0 Å². The Bertz CT molecular complexity index is 460. The van der Waals surface area contributed by atoms with Crippen molar-refractivity contribution in [1.82, 2.24) is 10.3 Å². The van der Waals surface area contributed by atoms with Crippen LogP contribution in [0, 0.1) is 5.92 Å². The Hall–Kier alpha value is -0.710. The zero-order chi connectivity index (χ0) is 13.0. The molecule has 0 aliphatic rings. The molecule has 0 amide bonds. The first-order valence-electron chi connectivity index (χ1n) is 6.40. The molecule has 0 aliphatic heterocycles. The molecule has 1 N–H and O–H groups in total. The molecular formula is C14H20N2S2. The highest BCUT2D eigenvalue weighted by Crippen LogP contribution is 2.26. The molecule has 0 bridgehead atoms. The number of rotatable bonds is 6. The predicted octanol–water partition coefficient (Wildman–Crippen LogP) is 4.25. The van der Waals surface area contributed by atoms with Crippen molar-refractivity contribution < 1.29 is 0 Å². The minimum absolute atomic E-state index is 0.428. The molecule has 0 aliphatic carbocycles. The van der Waals surface area contributed by atoms with E-state index in [-0.39, 0.29) is 0 Å². The second-order valence-electron chi connectivity index (χ2n) is 4.70.